The number of carbonyl (C=O) groups excluding carboxylic acids is 2. The third kappa shape index (κ3) is 8.90. The highest BCUT2D eigenvalue weighted by Gasteiger charge is 2.31. The third-order valence-corrected chi connectivity index (χ3v) is 5.97. The molecule has 0 aliphatic heterocycles. The first-order valence-electron chi connectivity index (χ1n) is 10.5. The van der Waals surface area contributed by atoms with Crippen LogP contribution in [0.4, 0.5) is 13.2 Å². The molecule has 0 bridgehead atoms. The first-order chi connectivity index (χ1) is 15.2. The predicted molar refractivity (Wildman–Crippen MR) is 118 cm³/mol. The van der Waals surface area contributed by atoms with Gasteiger partial charge in [-0.25, -0.2) is 0 Å². The number of benzene rings is 1. The van der Waals surface area contributed by atoms with E-state index in [4.69, 9.17) is 0 Å². The van der Waals surface area contributed by atoms with Crippen molar-refractivity contribution in [2.24, 2.45) is 5.92 Å². The molecule has 2 aromatic rings. The van der Waals surface area contributed by atoms with Gasteiger partial charge < -0.3 is 14.8 Å². The number of esters is 1. The van der Waals surface area contributed by atoms with Gasteiger partial charge in [-0.1, -0.05) is 38.3 Å². The van der Waals surface area contributed by atoms with E-state index in [1.54, 1.807) is 25.1 Å². The van der Waals surface area contributed by atoms with E-state index >= 15 is 0 Å². The fourth-order valence-corrected chi connectivity index (χ4v) is 4.15. The maximum atomic E-state index is 12.3. The average molecular weight is 472 g/mol. The standard InChI is InChI=1S/C19H20F3NO2S.C4H8O2/c20-19(21,22)25-16-8-6-14(7-9-16)15-10-17(26-12-15)18(24)23-11-13-4-2-1-3-5-13;1-3-4(5)6-2/h6-10,12-13H,1-5,11H2,(H,23,24);3H2,1-2H3. The molecule has 0 saturated heterocycles. The first-order valence-corrected chi connectivity index (χ1v) is 11.4. The van der Waals surface area contributed by atoms with Crippen molar-refractivity contribution in [3.63, 3.8) is 0 Å². The summed E-state index contributed by atoms with van der Waals surface area (Å²) in [7, 11) is 1.38. The lowest BCUT2D eigenvalue weighted by atomic mass is 9.89. The fraction of sp³-hybridized carbons (Fsp3) is 0.478. The molecule has 1 heterocycles. The number of rotatable bonds is 6. The van der Waals surface area contributed by atoms with Crippen LogP contribution in [0.15, 0.2) is 35.7 Å². The zero-order chi connectivity index (χ0) is 23.6. The SMILES string of the molecule is CCC(=O)OC.O=C(NCC1CCCCC1)c1cc(-c2ccc(OC(F)(F)F)cc2)cs1. The van der Waals surface area contributed by atoms with E-state index in [2.05, 4.69) is 14.8 Å². The molecule has 1 aliphatic rings. The molecular formula is C23H28F3NO4S. The van der Waals surface area contributed by atoms with Crippen molar-refractivity contribution < 1.29 is 32.2 Å². The minimum Gasteiger partial charge on any atom is -0.469 e. The number of ether oxygens (including phenoxy) is 2. The highest BCUT2D eigenvalue weighted by Crippen LogP contribution is 2.29. The molecule has 1 aliphatic carbocycles. The van der Waals surface area contributed by atoms with E-state index in [0.29, 0.717) is 23.8 Å². The maximum Gasteiger partial charge on any atom is 0.573 e. The van der Waals surface area contributed by atoms with E-state index in [1.807, 2.05) is 5.38 Å². The summed E-state index contributed by atoms with van der Waals surface area (Å²) in [5.74, 6) is 0.0501. The van der Waals surface area contributed by atoms with Crippen molar-refractivity contribution in [3.05, 3.63) is 40.6 Å². The van der Waals surface area contributed by atoms with Crippen LogP contribution in [0.2, 0.25) is 0 Å². The molecule has 176 valence electrons. The summed E-state index contributed by atoms with van der Waals surface area (Å²) in [5.41, 5.74) is 1.54. The van der Waals surface area contributed by atoms with Crippen molar-refractivity contribution in [1.82, 2.24) is 5.32 Å². The highest BCUT2D eigenvalue weighted by molar-refractivity contribution is 7.12. The van der Waals surface area contributed by atoms with Crippen LogP contribution >= 0.6 is 11.3 Å². The summed E-state index contributed by atoms with van der Waals surface area (Å²) in [6.07, 6.45) is 1.86. The average Bonchev–Trinajstić information content (AvgIpc) is 3.28. The Morgan fingerprint density at radius 3 is 2.28 bits per heavy atom. The second-order valence-corrected chi connectivity index (χ2v) is 8.33. The molecule has 1 aromatic heterocycles. The van der Waals surface area contributed by atoms with E-state index in [9.17, 15) is 22.8 Å². The number of hydrogen-bond donors (Lipinski definition) is 1. The molecule has 1 fully saturated rings. The molecule has 3 rings (SSSR count). The molecule has 0 radical (unpaired) electrons. The van der Waals surface area contributed by atoms with Crippen LogP contribution in [0.1, 0.15) is 55.1 Å². The smallest absolute Gasteiger partial charge is 0.469 e. The van der Waals surface area contributed by atoms with Gasteiger partial charge in [0.05, 0.1) is 12.0 Å². The van der Waals surface area contributed by atoms with Crippen LogP contribution in [0, 0.1) is 5.92 Å². The van der Waals surface area contributed by atoms with E-state index in [-0.39, 0.29) is 17.6 Å². The van der Waals surface area contributed by atoms with Gasteiger partial charge in [-0.05, 0) is 53.5 Å². The maximum absolute atomic E-state index is 12.3. The number of nitrogens with one attached hydrogen (secondary N) is 1. The normalized spacial score (nSPS) is 14.2. The molecule has 1 amide bonds. The second kappa shape index (κ2) is 12.5. The summed E-state index contributed by atoms with van der Waals surface area (Å²) in [6.45, 7) is 2.46. The molecule has 1 saturated carbocycles. The monoisotopic (exact) mass is 471 g/mol. The Morgan fingerprint density at radius 2 is 1.75 bits per heavy atom. The Bertz CT molecular complexity index is 853. The largest absolute Gasteiger partial charge is 0.573 e. The van der Waals surface area contributed by atoms with Crippen LogP contribution in [-0.2, 0) is 9.53 Å². The Balaban J connectivity index is 0.000000534. The molecule has 0 spiro atoms. The second-order valence-electron chi connectivity index (χ2n) is 7.42. The fourth-order valence-electron chi connectivity index (χ4n) is 3.32. The van der Waals surface area contributed by atoms with Crippen molar-refractivity contribution in [2.45, 2.75) is 51.8 Å². The predicted octanol–water partition coefficient (Wildman–Crippen LogP) is 6.19. The highest BCUT2D eigenvalue weighted by atomic mass is 32.1. The van der Waals surface area contributed by atoms with Gasteiger partial charge >= 0.3 is 12.3 Å². The lowest BCUT2D eigenvalue weighted by Gasteiger charge is -2.21. The lowest BCUT2D eigenvalue weighted by molar-refractivity contribution is -0.274. The zero-order valence-corrected chi connectivity index (χ0v) is 19.0. The Hall–Kier alpha value is -2.55. The third-order valence-electron chi connectivity index (χ3n) is 5.04. The van der Waals surface area contributed by atoms with Crippen LogP contribution in [0.3, 0.4) is 0 Å². The van der Waals surface area contributed by atoms with Crippen LogP contribution < -0.4 is 10.1 Å². The summed E-state index contributed by atoms with van der Waals surface area (Å²) in [4.78, 5) is 22.9. The van der Waals surface area contributed by atoms with Crippen molar-refractivity contribution in [1.29, 1.82) is 0 Å². The number of amides is 1. The first kappa shape index (κ1) is 25.7. The number of halogens is 3. The molecule has 0 atom stereocenters. The molecule has 5 nitrogen and oxygen atoms in total. The number of thiophene rings is 1. The van der Waals surface area contributed by atoms with Gasteiger partial charge in [0.25, 0.3) is 5.91 Å². The summed E-state index contributed by atoms with van der Waals surface area (Å²) < 4.78 is 44.7. The molecule has 0 unspecified atom stereocenters. The molecule has 32 heavy (non-hydrogen) atoms. The minimum absolute atomic E-state index is 0.0937. The van der Waals surface area contributed by atoms with Crippen LogP contribution in [0.5, 0.6) is 5.75 Å². The Labute approximate surface area is 189 Å². The number of alkyl halides is 3. The lowest BCUT2D eigenvalue weighted by Crippen LogP contribution is -2.29. The quantitative estimate of drug-likeness (QED) is 0.510. The number of hydrogen-bond acceptors (Lipinski definition) is 5. The zero-order valence-electron chi connectivity index (χ0n) is 18.2. The van der Waals surface area contributed by atoms with Gasteiger partial charge in [0.1, 0.15) is 5.75 Å². The number of methoxy groups -OCH3 is 1. The van der Waals surface area contributed by atoms with Crippen molar-refractivity contribution in [2.75, 3.05) is 13.7 Å². The van der Waals surface area contributed by atoms with Crippen molar-refractivity contribution >= 4 is 23.2 Å². The van der Waals surface area contributed by atoms with Gasteiger partial charge in [-0.3, -0.25) is 9.59 Å². The van der Waals surface area contributed by atoms with Crippen LogP contribution in [-0.4, -0.2) is 31.9 Å². The summed E-state index contributed by atoms with van der Waals surface area (Å²) >= 11 is 1.33. The van der Waals surface area contributed by atoms with E-state index in [0.717, 1.165) is 11.1 Å². The Kier molecular flexibility index (Phi) is 10.0. The number of carbonyl (C=O) groups is 2. The summed E-state index contributed by atoms with van der Waals surface area (Å²) in [6, 6.07) is 7.40. The van der Waals surface area contributed by atoms with Crippen LogP contribution in [0.25, 0.3) is 11.1 Å². The Morgan fingerprint density at radius 1 is 1.09 bits per heavy atom. The molecular weight excluding hydrogens is 443 g/mol. The van der Waals surface area contributed by atoms with Gasteiger partial charge in [0.15, 0.2) is 0 Å². The van der Waals surface area contributed by atoms with Gasteiger partial charge in [-0.15, -0.1) is 24.5 Å². The topological polar surface area (TPSA) is 64.6 Å². The van der Waals surface area contributed by atoms with Gasteiger partial charge in [0, 0.05) is 13.0 Å². The van der Waals surface area contributed by atoms with Crippen molar-refractivity contribution in [3.8, 4) is 16.9 Å². The van der Waals surface area contributed by atoms with E-state index < -0.39 is 6.36 Å². The van der Waals surface area contributed by atoms with Gasteiger partial charge in [-0.2, -0.15) is 0 Å². The molecule has 1 aromatic carbocycles. The van der Waals surface area contributed by atoms with Gasteiger partial charge in [0.2, 0.25) is 0 Å². The summed E-state index contributed by atoms with van der Waals surface area (Å²) in [5, 5.41) is 4.82. The minimum atomic E-state index is -4.70. The van der Waals surface area contributed by atoms with E-state index in [1.165, 1.54) is 62.7 Å². The molecule has 9 heteroatoms. The molecule has 1 N–H and O–H groups in total.